The van der Waals surface area contributed by atoms with Crippen LogP contribution in [0.25, 0.3) is 0 Å². The second kappa shape index (κ2) is 17.2. The summed E-state index contributed by atoms with van der Waals surface area (Å²) in [6, 6.07) is -0.945. The summed E-state index contributed by atoms with van der Waals surface area (Å²) in [4.78, 5) is 21.8. The van der Waals surface area contributed by atoms with Crippen LogP contribution in [-0.4, -0.2) is 47.3 Å². The van der Waals surface area contributed by atoms with Crippen LogP contribution in [-0.2, 0) is 9.59 Å². The van der Waals surface area contributed by atoms with Crippen LogP contribution >= 0.6 is 34.0 Å². The SMILES string of the molecule is Br.Br.CCCC(NCCCCNC(CCC)C(=O)O)C(=O)O. The molecule has 0 spiro atoms. The van der Waals surface area contributed by atoms with Gasteiger partial charge in [0.05, 0.1) is 0 Å². The molecule has 0 aromatic rings. The summed E-state index contributed by atoms with van der Waals surface area (Å²) in [5, 5.41) is 23.9. The van der Waals surface area contributed by atoms with E-state index in [2.05, 4.69) is 10.6 Å². The fourth-order valence-electron chi connectivity index (χ4n) is 2.01. The van der Waals surface area contributed by atoms with Gasteiger partial charge in [-0.25, -0.2) is 0 Å². The van der Waals surface area contributed by atoms with Crippen LogP contribution in [0.4, 0.5) is 0 Å². The van der Waals surface area contributed by atoms with Crippen molar-refractivity contribution in [3.05, 3.63) is 0 Å². The van der Waals surface area contributed by atoms with E-state index >= 15 is 0 Å². The normalized spacial score (nSPS) is 12.6. The smallest absolute Gasteiger partial charge is 0.320 e. The Balaban J connectivity index is -0.00000180. The maximum absolute atomic E-state index is 10.9. The minimum atomic E-state index is -0.807. The molecule has 2 unspecified atom stereocenters. The molecule has 0 aliphatic heterocycles. The highest BCUT2D eigenvalue weighted by atomic mass is 79.9. The molecule has 0 aromatic carbocycles. The van der Waals surface area contributed by atoms with E-state index in [1.165, 1.54) is 0 Å². The molecular weight excluding hydrogens is 420 g/mol. The highest BCUT2D eigenvalue weighted by Gasteiger charge is 2.15. The van der Waals surface area contributed by atoms with Crippen molar-refractivity contribution >= 4 is 45.9 Å². The molecule has 0 fully saturated rings. The maximum Gasteiger partial charge on any atom is 0.320 e. The molecule has 0 amide bonds. The summed E-state index contributed by atoms with van der Waals surface area (Å²) < 4.78 is 0. The number of nitrogens with one attached hydrogen (secondary N) is 2. The molecule has 2 atom stereocenters. The lowest BCUT2D eigenvalue weighted by Crippen LogP contribution is -2.38. The van der Waals surface area contributed by atoms with Gasteiger partial charge >= 0.3 is 11.9 Å². The molecule has 0 rings (SSSR count). The number of carbonyl (C=O) groups is 2. The number of hydrogen-bond acceptors (Lipinski definition) is 4. The standard InChI is InChI=1S/C14H28N2O4.2BrH/c1-3-7-11(13(17)18)15-9-5-6-10-16-12(8-4-2)14(19)20;;/h11-12,15-16H,3-10H2,1-2H3,(H,17,18)(H,19,20);2*1H. The minimum absolute atomic E-state index is 0. The Hall–Kier alpha value is -0.180. The molecule has 4 N–H and O–H groups in total. The summed E-state index contributed by atoms with van der Waals surface area (Å²) in [6.45, 7) is 5.21. The number of carboxylic acids is 2. The fourth-order valence-corrected chi connectivity index (χ4v) is 2.01. The lowest BCUT2D eigenvalue weighted by atomic mass is 10.1. The maximum atomic E-state index is 10.9. The lowest BCUT2D eigenvalue weighted by molar-refractivity contribution is -0.140. The predicted octanol–water partition coefficient (Wildman–Crippen LogP) is 2.61. The summed E-state index contributed by atoms with van der Waals surface area (Å²) in [6.07, 6.45) is 4.60. The first-order valence-corrected chi connectivity index (χ1v) is 7.45. The third kappa shape index (κ3) is 13.5. The average Bonchev–Trinajstić information content (AvgIpc) is 2.39. The van der Waals surface area contributed by atoms with Gasteiger partial charge in [-0.1, -0.05) is 26.7 Å². The van der Waals surface area contributed by atoms with Crippen LogP contribution in [0.3, 0.4) is 0 Å². The number of carboxylic acid groups (broad SMARTS) is 2. The van der Waals surface area contributed by atoms with Crippen molar-refractivity contribution < 1.29 is 19.8 Å². The van der Waals surface area contributed by atoms with E-state index in [-0.39, 0.29) is 34.0 Å². The van der Waals surface area contributed by atoms with E-state index in [0.717, 1.165) is 25.7 Å². The first-order chi connectivity index (χ1) is 9.52. The van der Waals surface area contributed by atoms with Gasteiger partial charge in [0.1, 0.15) is 12.1 Å². The predicted molar refractivity (Wildman–Crippen MR) is 98.5 cm³/mol. The van der Waals surface area contributed by atoms with Crippen molar-refractivity contribution in [2.45, 2.75) is 64.5 Å². The fraction of sp³-hybridized carbons (Fsp3) is 0.857. The third-order valence-electron chi connectivity index (χ3n) is 3.14. The van der Waals surface area contributed by atoms with Crippen LogP contribution in [0.1, 0.15) is 52.4 Å². The quantitative estimate of drug-likeness (QED) is 0.322. The van der Waals surface area contributed by atoms with Crippen molar-refractivity contribution in [1.82, 2.24) is 10.6 Å². The van der Waals surface area contributed by atoms with Gasteiger partial charge in [-0.05, 0) is 38.8 Å². The van der Waals surface area contributed by atoms with Crippen molar-refractivity contribution in [2.24, 2.45) is 0 Å². The molecule has 0 saturated heterocycles. The zero-order valence-corrected chi connectivity index (χ0v) is 16.8. The molecule has 0 aliphatic rings. The Labute approximate surface area is 154 Å². The van der Waals surface area contributed by atoms with Crippen molar-refractivity contribution in [3.8, 4) is 0 Å². The Morgan fingerprint density at radius 2 is 1.14 bits per heavy atom. The van der Waals surface area contributed by atoms with E-state index < -0.39 is 24.0 Å². The number of hydrogen-bond donors (Lipinski definition) is 4. The molecule has 134 valence electrons. The van der Waals surface area contributed by atoms with Crippen LogP contribution in [0, 0.1) is 0 Å². The van der Waals surface area contributed by atoms with Crippen LogP contribution in [0.15, 0.2) is 0 Å². The molecule has 0 aromatic heterocycles. The molecule has 0 bridgehead atoms. The van der Waals surface area contributed by atoms with Crippen molar-refractivity contribution in [3.63, 3.8) is 0 Å². The van der Waals surface area contributed by atoms with Gasteiger partial charge in [-0.2, -0.15) is 0 Å². The third-order valence-corrected chi connectivity index (χ3v) is 3.14. The number of aliphatic carboxylic acids is 2. The first-order valence-electron chi connectivity index (χ1n) is 7.45. The summed E-state index contributed by atoms with van der Waals surface area (Å²) in [5.41, 5.74) is 0. The van der Waals surface area contributed by atoms with Crippen molar-refractivity contribution in [1.29, 1.82) is 0 Å². The zero-order chi connectivity index (χ0) is 15.4. The Kier molecular flexibility index (Phi) is 20.9. The average molecular weight is 450 g/mol. The molecule has 0 aliphatic carbocycles. The summed E-state index contributed by atoms with van der Waals surface area (Å²) >= 11 is 0. The second-order valence-electron chi connectivity index (χ2n) is 4.97. The van der Waals surface area contributed by atoms with Gasteiger partial charge in [-0.3, -0.25) is 9.59 Å². The van der Waals surface area contributed by atoms with E-state index in [4.69, 9.17) is 10.2 Å². The lowest BCUT2D eigenvalue weighted by Gasteiger charge is -2.15. The van der Waals surface area contributed by atoms with E-state index in [1.807, 2.05) is 13.8 Å². The van der Waals surface area contributed by atoms with Crippen molar-refractivity contribution in [2.75, 3.05) is 13.1 Å². The van der Waals surface area contributed by atoms with E-state index in [9.17, 15) is 9.59 Å². The van der Waals surface area contributed by atoms with Crippen LogP contribution in [0.2, 0.25) is 0 Å². The van der Waals surface area contributed by atoms with E-state index in [1.54, 1.807) is 0 Å². The van der Waals surface area contributed by atoms with Crippen LogP contribution < -0.4 is 10.6 Å². The largest absolute Gasteiger partial charge is 0.480 e. The van der Waals surface area contributed by atoms with Gasteiger partial charge in [0.15, 0.2) is 0 Å². The van der Waals surface area contributed by atoms with Crippen LogP contribution in [0.5, 0.6) is 0 Å². The van der Waals surface area contributed by atoms with E-state index in [0.29, 0.717) is 25.9 Å². The van der Waals surface area contributed by atoms with Gasteiger partial charge < -0.3 is 20.8 Å². The molecular formula is C14H30Br2N2O4. The second-order valence-corrected chi connectivity index (χ2v) is 4.97. The number of rotatable bonds is 13. The molecule has 6 nitrogen and oxygen atoms in total. The first kappa shape index (κ1) is 26.7. The molecule has 22 heavy (non-hydrogen) atoms. The Bertz CT molecular complexity index is 266. The summed E-state index contributed by atoms with van der Waals surface area (Å²) in [7, 11) is 0. The topological polar surface area (TPSA) is 98.7 Å². The molecule has 0 heterocycles. The molecule has 0 saturated carbocycles. The minimum Gasteiger partial charge on any atom is -0.480 e. The van der Waals surface area contributed by atoms with Gasteiger partial charge in [-0.15, -0.1) is 34.0 Å². The molecule has 0 radical (unpaired) electrons. The zero-order valence-electron chi connectivity index (χ0n) is 13.3. The highest BCUT2D eigenvalue weighted by molar-refractivity contribution is 8.93. The Morgan fingerprint density at radius 1 is 0.818 bits per heavy atom. The van der Waals surface area contributed by atoms with Gasteiger partial charge in [0.2, 0.25) is 0 Å². The van der Waals surface area contributed by atoms with Gasteiger partial charge in [0, 0.05) is 0 Å². The number of unbranched alkanes of at least 4 members (excludes halogenated alkanes) is 1. The molecule has 8 heteroatoms. The Morgan fingerprint density at radius 3 is 1.36 bits per heavy atom. The number of halogens is 2. The summed E-state index contributed by atoms with van der Waals surface area (Å²) in [5.74, 6) is -1.61. The van der Waals surface area contributed by atoms with Gasteiger partial charge in [0.25, 0.3) is 0 Å². The monoisotopic (exact) mass is 448 g/mol. The highest BCUT2D eigenvalue weighted by Crippen LogP contribution is 1.99.